The molecule has 0 unspecified atom stereocenters. The predicted octanol–water partition coefficient (Wildman–Crippen LogP) is 4.19. The van der Waals surface area contributed by atoms with Gasteiger partial charge in [-0.25, -0.2) is 9.97 Å². The van der Waals surface area contributed by atoms with Gasteiger partial charge in [0, 0.05) is 54.0 Å². The first-order valence-corrected chi connectivity index (χ1v) is 10.5. The van der Waals surface area contributed by atoms with Gasteiger partial charge in [0.25, 0.3) is 0 Å². The molecule has 2 aromatic carbocycles. The molecule has 9 heteroatoms. The molecule has 0 saturated heterocycles. The van der Waals surface area contributed by atoms with E-state index in [0.717, 1.165) is 44.8 Å². The normalized spacial score (nSPS) is 11.3. The van der Waals surface area contributed by atoms with E-state index in [2.05, 4.69) is 20.5 Å². The lowest BCUT2D eigenvalue weighted by molar-refractivity contribution is 0.0608. The number of H-pyrrole nitrogens is 1. The van der Waals surface area contributed by atoms with Crippen LogP contribution in [0.15, 0.2) is 61.2 Å². The molecule has 0 spiro atoms. The second-order valence-corrected chi connectivity index (χ2v) is 7.50. The van der Waals surface area contributed by atoms with Crippen LogP contribution in [0.3, 0.4) is 0 Å². The van der Waals surface area contributed by atoms with E-state index in [1.807, 2.05) is 53.2 Å². The van der Waals surface area contributed by atoms with Gasteiger partial charge in [-0.15, -0.1) is 0 Å². The third-order valence-corrected chi connectivity index (χ3v) is 5.35. The van der Waals surface area contributed by atoms with Crippen molar-refractivity contribution in [1.82, 2.24) is 24.6 Å². The van der Waals surface area contributed by atoms with E-state index in [-0.39, 0.29) is 0 Å². The lowest BCUT2D eigenvalue weighted by atomic mass is 10.1. The Bertz CT molecular complexity index is 1390. The minimum Gasteiger partial charge on any atom is -0.496 e. The van der Waals surface area contributed by atoms with E-state index >= 15 is 0 Å². The quantitative estimate of drug-likeness (QED) is 0.329. The van der Waals surface area contributed by atoms with Crippen LogP contribution in [0, 0.1) is 0 Å². The number of aromatic amines is 1. The largest absolute Gasteiger partial charge is 0.496 e. The van der Waals surface area contributed by atoms with E-state index in [1.54, 1.807) is 26.6 Å². The summed E-state index contributed by atoms with van der Waals surface area (Å²) >= 11 is 0. The number of imidazole rings is 1. The van der Waals surface area contributed by atoms with Crippen LogP contribution in [0.2, 0.25) is 0 Å². The van der Waals surface area contributed by atoms with Crippen LogP contribution < -0.4 is 10.1 Å². The molecule has 0 amide bonds. The SMILES string of the molecule is COCCOCc1ccc(Nc2nc(-c3ccc4cn[nH]c4c3)cn3ccnc23)cc1OC. The van der Waals surface area contributed by atoms with Gasteiger partial charge in [-0.1, -0.05) is 18.2 Å². The minimum absolute atomic E-state index is 0.446. The van der Waals surface area contributed by atoms with Gasteiger partial charge in [0.2, 0.25) is 0 Å². The van der Waals surface area contributed by atoms with Crippen molar-refractivity contribution in [3.05, 3.63) is 66.7 Å². The van der Waals surface area contributed by atoms with E-state index in [1.165, 1.54) is 0 Å². The van der Waals surface area contributed by atoms with Gasteiger partial charge < -0.3 is 23.9 Å². The summed E-state index contributed by atoms with van der Waals surface area (Å²) < 4.78 is 18.2. The highest BCUT2D eigenvalue weighted by molar-refractivity contribution is 5.84. The lowest BCUT2D eigenvalue weighted by Gasteiger charge is -2.13. The van der Waals surface area contributed by atoms with Crippen LogP contribution in [0.1, 0.15) is 5.56 Å². The summed E-state index contributed by atoms with van der Waals surface area (Å²) in [4.78, 5) is 9.34. The highest BCUT2D eigenvalue weighted by Gasteiger charge is 2.12. The number of ether oxygens (including phenoxy) is 3. The van der Waals surface area contributed by atoms with E-state index in [9.17, 15) is 0 Å². The lowest BCUT2D eigenvalue weighted by Crippen LogP contribution is -2.04. The summed E-state index contributed by atoms with van der Waals surface area (Å²) in [6, 6.07) is 12.0. The summed E-state index contributed by atoms with van der Waals surface area (Å²) in [6.45, 7) is 1.53. The topological polar surface area (TPSA) is 98.6 Å². The van der Waals surface area contributed by atoms with Crippen molar-refractivity contribution in [2.75, 3.05) is 32.8 Å². The minimum atomic E-state index is 0.446. The number of methoxy groups -OCH3 is 2. The third kappa shape index (κ3) is 4.36. The third-order valence-electron chi connectivity index (χ3n) is 5.35. The van der Waals surface area contributed by atoms with E-state index in [0.29, 0.717) is 25.6 Å². The molecule has 0 atom stereocenters. The Hall–Kier alpha value is -3.95. The zero-order valence-electron chi connectivity index (χ0n) is 18.4. The molecule has 0 radical (unpaired) electrons. The highest BCUT2D eigenvalue weighted by Crippen LogP contribution is 2.29. The Labute approximate surface area is 190 Å². The number of benzene rings is 2. The molecule has 168 valence electrons. The predicted molar refractivity (Wildman–Crippen MR) is 126 cm³/mol. The van der Waals surface area contributed by atoms with E-state index in [4.69, 9.17) is 19.2 Å². The van der Waals surface area contributed by atoms with E-state index < -0.39 is 0 Å². The van der Waals surface area contributed by atoms with Crippen LogP contribution in [-0.4, -0.2) is 52.0 Å². The molecule has 0 saturated carbocycles. The van der Waals surface area contributed by atoms with Gasteiger partial charge >= 0.3 is 0 Å². The number of anilines is 2. The number of fused-ring (bicyclic) bond motifs is 2. The van der Waals surface area contributed by atoms with Gasteiger partial charge in [-0.2, -0.15) is 5.10 Å². The van der Waals surface area contributed by atoms with Crippen molar-refractivity contribution in [2.24, 2.45) is 0 Å². The Kier molecular flexibility index (Phi) is 5.88. The van der Waals surface area contributed by atoms with Gasteiger partial charge in [-0.05, 0) is 12.1 Å². The summed E-state index contributed by atoms with van der Waals surface area (Å²) in [5.74, 6) is 1.38. The summed E-state index contributed by atoms with van der Waals surface area (Å²) in [5.41, 5.74) is 5.28. The van der Waals surface area contributed by atoms with Gasteiger partial charge in [-0.3, -0.25) is 5.10 Å². The molecule has 9 nitrogen and oxygen atoms in total. The van der Waals surface area contributed by atoms with Gasteiger partial charge in [0.15, 0.2) is 11.5 Å². The average molecular weight is 444 g/mol. The molecule has 0 aliphatic carbocycles. The van der Waals surface area contributed by atoms with Crippen LogP contribution >= 0.6 is 0 Å². The molecule has 5 aromatic rings. The van der Waals surface area contributed by atoms with Crippen molar-refractivity contribution in [3.63, 3.8) is 0 Å². The van der Waals surface area contributed by atoms with Gasteiger partial charge in [0.1, 0.15) is 5.75 Å². The number of rotatable bonds is 9. The first kappa shape index (κ1) is 20.9. The van der Waals surface area contributed by atoms with Gasteiger partial charge in [0.05, 0.1) is 44.3 Å². The summed E-state index contributed by atoms with van der Waals surface area (Å²) in [7, 11) is 3.30. The number of aromatic nitrogens is 5. The number of hydrogen-bond acceptors (Lipinski definition) is 7. The number of nitrogens with zero attached hydrogens (tertiary/aromatic N) is 4. The molecule has 0 bridgehead atoms. The van der Waals surface area contributed by atoms with Crippen LogP contribution in [0.4, 0.5) is 11.5 Å². The van der Waals surface area contributed by atoms with Crippen molar-refractivity contribution in [3.8, 4) is 17.0 Å². The first-order chi connectivity index (χ1) is 16.2. The monoisotopic (exact) mass is 444 g/mol. The van der Waals surface area contributed by atoms with Crippen molar-refractivity contribution < 1.29 is 14.2 Å². The standard InChI is InChI=1S/C24H24N6O3/c1-31-9-10-33-15-18-5-6-19(12-22(18)32-2)27-23-24-25-7-8-30(24)14-21(28-23)16-3-4-17-13-26-29-20(17)11-16/h3-8,11-14H,9-10,15H2,1-2H3,(H,26,29)(H,27,28). The Morgan fingerprint density at radius 2 is 2.03 bits per heavy atom. The number of nitrogens with one attached hydrogen (secondary N) is 2. The maximum Gasteiger partial charge on any atom is 0.180 e. The smallest absolute Gasteiger partial charge is 0.180 e. The second kappa shape index (κ2) is 9.27. The molecule has 5 rings (SSSR count). The fourth-order valence-corrected chi connectivity index (χ4v) is 3.65. The molecule has 0 aliphatic rings. The molecule has 0 fully saturated rings. The Morgan fingerprint density at radius 1 is 1.09 bits per heavy atom. The first-order valence-electron chi connectivity index (χ1n) is 10.5. The van der Waals surface area contributed by atoms with Crippen molar-refractivity contribution in [1.29, 1.82) is 0 Å². The Morgan fingerprint density at radius 3 is 2.91 bits per heavy atom. The molecule has 3 heterocycles. The average Bonchev–Trinajstić information content (AvgIpc) is 3.51. The molecular formula is C24H24N6O3. The zero-order valence-corrected chi connectivity index (χ0v) is 18.4. The molecule has 2 N–H and O–H groups in total. The van der Waals surface area contributed by atoms with Crippen molar-refractivity contribution in [2.45, 2.75) is 6.61 Å². The molecular weight excluding hydrogens is 420 g/mol. The summed E-state index contributed by atoms with van der Waals surface area (Å²) in [6.07, 6.45) is 7.43. The number of hydrogen-bond donors (Lipinski definition) is 2. The fraction of sp³-hybridized carbons (Fsp3) is 0.208. The zero-order chi connectivity index (χ0) is 22.6. The van der Waals surface area contributed by atoms with Crippen LogP contribution in [0.25, 0.3) is 27.8 Å². The molecule has 3 aromatic heterocycles. The maximum atomic E-state index is 5.64. The summed E-state index contributed by atoms with van der Waals surface area (Å²) in [5, 5.41) is 11.6. The maximum absolute atomic E-state index is 5.64. The van der Waals surface area contributed by atoms with Crippen LogP contribution in [0.5, 0.6) is 5.75 Å². The fourth-order valence-electron chi connectivity index (χ4n) is 3.65. The van der Waals surface area contributed by atoms with Crippen LogP contribution in [-0.2, 0) is 16.1 Å². The molecule has 0 aliphatic heterocycles. The van der Waals surface area contributed by atoms with Crippen molar-refractivity contribution >= 4 is 28.1 Å². The molecule has 33 heavy (non-hydrogen) atoms. The second-order valence-electron chi connectivity index (χ2n) is 7.50. The highest BCUT2D eigenvalue weighted by atomic mass is 16.5. The Balaban J connectivity index is 1.45.